The molecule has 1 rings (SSSR count). The number of rotatable bonds is 7. The molecule has 1 saturated carbocycles. The summed E-state index contributed by atoms with van der Waals surface area (Å²) in [7, 11) is 1.69. The summed E-state index contributed by atoms with van der Waals surface area (Å²) in [4.78, 5) is 11.6. The van der Waals surface area contributed by atoms with E-state index in [2.05, 4.69) is 5.32 Å². The lowest BCUT2D eigenvalue weighted by molar-refractivity contribution is -0.123. The van der Waals surface area contributed by atoms with E-state index in [9.17, 15) is 4.79 Å². The lowest BCUT2D eigenvalue weighted by atomic mass is 10.0. The molecule has 0 saturated heterocycles. The van der Waals surface area contributed by atoms with E-state index in [1.54, 1.807) is 7.11 Å². The maximum Gasteiger partial charge on any atom is 0.237 e. The molecule has 0 aromatic heterocycles. The fourth-order valence-corrected chi connectivity index (χ4v) is 1.74. The van der Waals surface area contributed by atoms with E-state index in [1.807, 2.05) is 13.0 Å². The van der Waals surface area contributed by atoms with E-state index in [4.69, 9.17) is 10.00 Å². The number of hydrogen-bond acceptors (Lipinski definition) is 3. The number of carbonyl (C=O) groups excluding carboxylic acids is 1. The second-order valence-electron chi connectivity index (χ2n) is 4.55. The highest BCUT2D eigenvalue weighted by Gasteiger charge is 2.42. The first-order valence-electron chi connectivity index (χ1n) is 5.84. The van der Waals surface area contributed by atoms with Gasteiger partial charge in [0, 0.05) is 20.3 Å². The molecular weight excluding hydrogens is 204 g/mol. The van der Waals surface area contributed by atoms with E-state index in [1.165, 1.54) is 0 Å². The van der Waals surface area contributed by atoms with Crippen LogP contribution in [0.3, 0.4) is 0 Å². The Morgan fingerprint density at radius 2 is 2.31 bits per heavy atom. The average molecular weight is 224 g/mol. The van der Waals surface area contributed by atoms with Gasteiger partial charge >= 0.3 is 0 Å². The summed E-state index contributed by atoms with van der Waals surface area (Å²) in [5.74, 6) is -0.632. The number of hydrogen-bond donors (Lipinski definition) is 1. The van der Waals surface area contributed by atoms with Crippen LogP contribution in [0, 0.1) is 22.7 Å². The summed E-state index contributed by atoms with van der Waals surface area (Å²) in [5.41, 5.74) is 0.249. The molecule has 1 aliphatic carbocycles. The molecule has 0 bridgehead atoms. The van der Waals surface area contributed by atoms with Crippen LogP contribution < -0.4 is 5.32 Å². The number of nitrogens with one attached hydrogen (secondary N) is 1. The van der Waals surface area contributed by atoms with Gasteiger partial charge in [-0.3, -0.25) is 4.79 Å². The Bertz CT molecular complexity index is 279. The van der Waals surface area contributed by atoms with Crippen LogP contribution in [0.2, 0.25) is 0 Å². The maximum absolute atomic E-state index is 11.6. The number of ether oxygens (including phenoxy) is 1. The Morgan fingerprint density at radius 3 is 2.75 bits per heavy atom. The number of amides is 1. The predicted molar refractivity (Wildman–Crippen MR) is 60.6 cm³/mol. The summed E-state index contributed by atoms with van der Waals surface area (Å²) in [6, 6.07) is 2.01. The third kappa shape index (κ3) is 3.49. The fourth-order valence-electron chi connectivity index (χ4n) is 1.74. The first-order valence-corrected chi connectivity index (χ1v) is 5.84. The van der Waals surface area contributed by atoms with Gasteiger partial charge in [-0.05, 0) is 31.1 Å². The molecule has 1 aliphatic rings. The van der Waals surface area contributed by atoms with Gasteiger partial charge in [0.1, 0.15) is 5.92 Å². The van der Waals surface area contributed by atoms with E-state index < -0.39 is 5.92 Å². The Hall–Kier alpha value is -1.08. The monoisotopic (exact) mass is 224 g/mol. The molecule has 1 N–H and O–H groups in total. The standard InChI is InChI=1S/C12H20N2O2/c1-3-10(8-13)11(15)14-9-12(4-5-12)6-7-16-2/h10H,3-7,9H2,1-2H3,(H,14,15). The van der Waals surface area contributed by atoms with Crippen molar-refractivity contribution in [2.45, 2.75) is 32.6 Å². The Kier molecular flexibility index (Phi) is 4.75. The van der Waals surface area contributed by atoms with Gasteiger partial charge in [-0.2, -0.15) is 5.26 Å². The predicted octanol–water partition coefficient (Wildman–Crippen LogP) is 1.47. The summed E-state index contributed by atoms with van der Waals surface area (Å²) < 4.78 is 5.05. The number of nitriles is 1. The molecule has 1 atom stereocenters. The van der Waals surface area contributed by atoms with Crippen LogP contribution in [0.25, 0.3) is 0 Å². The Balaban J connectivity index is 2.29. The quantitative estimate of drug-likeness (QED) is 0.712. The minimum Gasteiger partial charge on any atom is -0.385 e. The molecule has 0 aromatic carbocycles. The molecule has 0 radical (unpaired) electrons. The van der Waals surface area contributed by atoms with Gasteiger partial charge in [-0.15, -0.1) is 0 Å². The molecule has 90 valence electrons. The molecule has 1 fully saturated rings. The van der Waals surface area contributed by atoms with E-state index in [0.717, 1.165) is 25.9 Å². The van der Waals surface area contributed by atoms with Crippen LogP contribution in [0.4, 0.5) is 0 Å². The number of nitrogens with zero attached hydrogens (tertiary/aromatic N) is 1. The molecule has 1 unspecified atom stereocenters. The molecule has 0 heterocycles. The van der Waals surface area contributed by atoms with Crippen LogP contribution in [0.15, 0.2) is 0 Å². The Labute approximate surface area is 97.0 Å². The average Bonchev–Trinajstić information content (AvgIpc) is 3.06. The summed E-state index contributed by atoms with van der Waals surface area (Å²) >= 11 is 0. The molecule has 4 nitrogen and oxygen atoms in total. The first-order chi connectivity index (χ1) is 7.67. The number of carbonyl (C=O) groups is 1. The zero-order chi connectivity index (χ0) is 12.0. The van der Waals surface area contributed by atoms with Crippen molar-refractivity contribution in [3.05, 3.63) is 0 Å². The second kappa shape index (κ2) is 5.86. The molecular formula is C12H20N2O2. The first kappa shape index (κ1) is 13.0. The van der Waals surface area contributed by atoms with Crippen molar-refractivity contribution in [3.63, 3.8) is 0 Å². The zero-order valence-corrected chi connectivity index (χ0v) is 10.1. The van der Waals surface area contributed by atoms with Gasteiger partial charge in [0.2, 0.25) is 5.91 Å². The topological polar surface area (TPSA) is 62.1 Å². The van der Waals surface area contributed by atoms with Crippen LogP contribution in [-0.2, 0) is 9.53 Å². The van der Waals surface area contributed by atoms with Crippen LogP contribution in [0.5, 0.6) is 0 Å². The SMILES string of the molecule is CCC(C#N)C(=O)NCC1(CCOC)CC1. The lowest BCUT2D eigenvalue weighted by Gasteiger charge is -2.16. The van der Waals surface area contributed by atoms with Crippen LogP contribution in [0.1, 0.15) is 32.6 Å². The summed E-state index contributed by atoms with van der Waals surface area (Å²) in [6.07, 6.45) is 3.88. The minimum absolute atomic E-state index is 0.131. The zero-order valence-electron chi connectivity index (χ0n) is 10.1. The van der Waals surface area contributed by atoms with Crippen molar-refractivity contribution in [3.8, 4) is 6.07 Å². The van der Waals surface area contributed by atoms with Gasteiger partial charge in [-0.25, -0.2) is 0 Å². The highest BCUT2D eigenvalue weighted by molar-refractivity contribution is 5.81. The third-order valence-corrected chi connectivity index (χ3v) is 3.31. The van der Waals surface area contributed by atoms with Gasteiger partial charge in [0.15, 0.2) is 0 Å². The highest BCUT2D eigenvalue weighted by atomic mass is 16.5. The summed E-state index contributed by atoms with van der Waals surface area (Å²) in [6.45, 7) is 3.28. The van der Waals surface area contributed by atoms with Crippen molar-refractivity contribution in [1.82, 2.24) is 5.32 Å². The van der Waals surface area contributed by atoms with Gasteiger partial charge in [0.05, 0.1) is 6.07 Å². The van der Waals surface area contributed by atoms with Crippen molar-refractivity contribution in [2.24, 2.45) is 11.3 Å². The van der Waals surface area contributed by atoms with Crippen LogP contribution in [-0.4, -0.2) is 26.2 Å². The highest BCUT2D eigenvalue weighted by Crippen LogP contribution is 2.48. The normalized spacial score (nSPS) is 18.6. The fraction of sp³-hybridized carbons (Fsp3) is 0.833. The van der Waals surface area contributed by atoms with Crippen molar-refractivity contribution < 1.29 is 9.53 Å². The van der Waals surface area contributed by atoms with Crippen molar-refractivity contribution in [1.29, 1.82) is 5.26 Å². The number of methoxy groups -OCH3 is 1. The van der Waals surface area contributed by atoms with Crippen molar-refractivity contribution in [2.75, 3.05) is 20.3 Å². The summed E-state index contributed by atoms with van der Waals surface area (Å²) in [5, 5.41) is 11.6. The van der Waals surface area contributed by atoms with Gasteiger partial charge < -0.3 is 10.1 Å². The smallest absolute Gasteiger partial charge is 0.237 e. The molecule has 0 spiro atoms. The molecule has 1 amide bonds. The molecule has 0 aliphatic heterocycles. The molecule has 16 heavy (non-hydrogen) atoms. The van der Waals surface area contributed by atoms with E-state index in [-0.39, 0.29) is 11.3 Å². The second-order valence-corrected chi connectivity index (χ2v) is 4.55. The molecule has 4 heteroatoms. The van der Waals surface area contributed by atoms with Crippen molar-refractivity contribution >= 4 is 5.91 Å². The van der Waals surface area contributed by atoms with E-state index in [0.29, 0.717) is 13.0 Å². The lowest BCUT2D eigenvalue weighted by Crippen LogP contribution is -2.34. The van der Waals surface area contributed by atoms with E-state index >= 15 is 0 Å². The largest absolute Gasteiger partial charge is 0.385 e. The Morgan fingerprint density at radius 1 is 1.62 bits per heavy atom. The third-order valence-electron chi connectivity index (χ3n) is 3.31. The van der Waals surface area contributed by atoms with Gasteiger partial charge in [0.25, 0.3) is 0 Å². The minimum atomic E-state index is -0.502. The molecule has 0 aromatic rings. The maximum atomic E-state index is 11.6. The van der Waals surface area contributed by atoms with Crippen LogP contribution >= 0.6 is 0 Å². The van der Waals surface area contributed by atoms with Gasteiger partial charge in [-0.1, -0.05) is 6.92 Å².